The van der Waals surface area contributed by atoms with E-state index in [1.165, 1.54) is 29.5 Å². The number of hydrogen-bond acceptors (Lipinski definition) is 4. The molecule has 1 aromatic heterocycles. The van der Waals surface area contributed by atoms with Gasteiger partial charge >= 0.3 is 5.97 Å². The first kappa shape index (κ1) is 13.0. The third-order valence-corrected chi connectivity index (χ3v) is 4.55. The second-order valence-electron chi connectivity index (χ2n) is 3.67. The number of aromatic carboxylic acids is 1. The fraction of sp³-hybridized carbons (Fsp3) is 0.167. The second kappa shape index (κ2) is 5.07. The molecule has 18 heavy (non-hydrogen) atoms. The van der Waals surface area contributed by atoms with Crippen LogP contribution in [-0.4, -0.2) is 16.1 Å². The number of hydrogen-bond donors (Lipinski definition) is 1. The first-order chi connectivity index (χ1) is 8.47. The lowest BCUT2D eigenvalue weighted by molar-refractivity contribution is 0.0696. The van der Waals surface area contributed by atoms with Crippen LogP contribution in [0.3, 0.4) is 0 Å². The Labute approximate surface area is 112 Å². The number of aryl methyl sites for hydroxylation is 2. The van der Waals surface area contributed by atoms with Gasteiger partial charge < -0.3 is 5.11 Å². The molecule has 94 valence electrons. The molecule has 0 unspecified atom stereocenters. The van der Waals surface area contributed by atoms with Crippen molar-refractivity contribution in [2.75, 3.05) is 0 Å². The van der Waals surface area contributed by atoms with Crippen LogP contribution in [0.15, 0.2) is 27.4 Å². The van der Waals surface area contributed by atoms with Crippen molar-refractivity contribution in [3.63, 3.8) is 0 Å². The van der Waals surface area contributed by atoms with E-state index in [1.807, 2.05) is 13.8 Å². The lowest BCUT2D eigenvalue weighted by Gasteiger charge is -2.01. The normalized spacial score (nSPS) is 10.6. The van der Waals surface area contributed by atoms with Crippen LogP contribution >= 0.6 is 23.1 Å². The summed E-state index contributed by atoms with van der Waals surface area (Å²) in [6.07, 6.45) is 0. The highest BCUT2D eigenvalue weighted by Crippen LogP contribution is 2.34. The summed E-state index contributed by atoms with van der Waals surface area (Å²) in [6, 6.07) is 3.74. The first-order valence-electron chi connectivity index (χ1n) is 5.12. The SMILES string of the molecule is Cc1nc(Sc2cc(C(=O)O)ccc2F)sc1C. The zero-order valence-corrected chi connectivity index (χ0v) is 11.4. The summed E-state index contributed by atoms with van der Waals surface area (Å²) in [5.74, 6) is -1.50. The largest absolute Gasteiger partial charge is 0.478 e. The summed E-state index contributed by atoms with van der Waals surface area (Å²) in [7, 11) is 0. The number of carboxylic acids is 1. The molecular formula is C12H10FNO2S2. The fourth-order valence-electron chi connectivity index (χ4n) is 1.30. The summed E-state index contributed by atoms with van der Waals surface area (Å²) in [5, 5.41) is 8.87. The zero-order valence-electron chi connectivity index (χ0n) is 9.73. The van der Waals surface area contributed by atoms with Crippen LogP contribution < -0.4 is 0 Å². The van der Waals surface area contributed by atoms with E-state index >= 15 is 0 Å². The Kier molecular flexibility index (Phi) is 3.68. The van der Waals surface area contributed by atoms with Gasteiger partial charge in [0, 0.05) is 4.88 Å². The van der Waals surface area contributed by atoms with Crippen LogP contribution in [0.1, 0.15) is 20.9 Å². The van der Waals surface area contributed by atoms with Gasteiger partial charge in [-0.2, -0.15) is 0 Å². The van der Waals surface area contributed by atoms with Gasteiger partial charge in [-0.15, -0.1) is 11.3 Å². The summed E-state index contributed by atoms with van der Waals surface area (Å²) >= 11 is 2.62. The molecule has 0 aliphatic rings. The highest BCUT2D eigenvalue weighted by Gasteiger charge is 2.12. The first-order valence-corrected chi connectivity index (χ1v) is 6.75. The van der Waals surface area contributed by atoms with Gasteiger partial charge in [0.05, 0.1) is 16.2 Å². The van der Waals surface area contributed by atoms with Gasteiger partial charge in [0.25, 0.3) is 0 Å². The molecule has 0 aliphatic heterocycles. The number of nitrogens with zero attached hydrogens (tertiary/aromatic N) is 1. The Morgan fingerprint density at radius 1 is 1.44 bits per heavy atom. The number of halogens is 1. The molecule has 1 aromatic carbocycles. The third-order valence-electron chi connectivity index (χ3n) is 2.38. The van der Waals surface area contributed by atoms with Gasteiger partial charge in [-0.25, -0.2) is 14.2 Å². The molecule has 0 aliphatic carbocycles. The highest BCUT2D eigenvalue weighted by molar-refractivity contribution is 8.01. The smallest absolute Gasteiger partial charge is 0.335 e. The zero-order chi connectivity index (χ0) is 13.3. The van der Waals surface area contributed by atoms with Gasteiger partial charge in [-0.1, -0.05) is 11.8 Å². The fourth-order valence-corrected chi connectivity index (χ4v) is 3.47. The molecular weight excluding hydrogens is 273 g/mol. The van der Waals surface area contributed by atoms with Crippen LogP contribution in [0.25, 0.3) is 0 Å². The van der Waals surface area contributed by atoms with Gasteiger partial charge in [-0.05, 0) is 32.0 Å². The molecule has 0 atom stereocenters. The predicted octanol–water partition coefficient (Wildman–Crippen LogP) is 3.75. The molecule has 1 N–H and O–H groups in total. The van der Waals surface area contributed by atoms with E-state index in [9.17, 15) is 9.18 Å². The van der Waals surface area contributed by atoms with Gasteiger partial charge in [0.15, 0.2) is 4.34 Å². The molecule has 2 aromatic rings. The molecule has 0 fully saturated rings. The third kappa shape index (κ3) is 2.70. The lowest BCUT2D eigenvalue weighted by Crippen LogP contribution is -1.97. The average molecular weight is 283 g/mol. The molecule has 0 amide bonds. The standard InChI is InChI=1S/C12H10FNO2S2/c1-6-7(2)17-12(14-6)18-10-5-8(11(15)16)3-4-9(10)13/h3-5H,1-2H3,(H,15,16). The van der Waals surface area contributed by atoms with E-state index in [2.05, 4.69) is 4.98 Å². The number of benzene rings is 1. The maximum Gasteiger partial charge on any atom is 0.335 e. The topological polar surface area (TPSA) is 50.2 Å². The number of thiazole rings is 1. The van der Waals surface area contributed by atoms with Crippen molar-refractivity contribution in [3.8, 4) is 0 Å². The van der Waals surface area contributed by atoms with Crippen molar-refractivity contribution < 1.29 is 14.3 Å². The van der Waals surface area contributed by atoms with E-state index in [0.29, 0.717) is 4.34 Å². The minimum absolute atomic E-state index is 0.0731. The van der Waals surface area contributed by atoms with Gasteiger partial charge in [0.2, 0.25) is 0 Å². The van der Waals surface area contributed by atoms with Crippen molar-refractivity contribution in [2.45, 2.75) is 23.1 Å². The summed E-state index contributed by atoms with van der Waals surface area (Å²) in [6.45, 7) is 3.83. The van der Waals surface area contributed by atoms with Crippen LogP contribution in [0.5, 0.6) is 0 Å². The molecule has 0 saturated heterocycles. The molecule has 2 rings (SSSR count). The average Bonchev–Trinajstić information content (AvgIpc) is 2.61. The summed E-state index contributed by atoms with van der Waals surface area (Å²) in [4.78, 5) is 16.5. The van der Waals surface area contributed by atoms with E-state index in [-0.39, 0.29) is 10.5 Å². The van der Waals surface area contributed by atoms with Crippen molar-refractivity contribution in [1.82, 2.24) is 4.98 Å². The minimum Gasteiger partial charge on any atom is -0.478 e. The number of aromatic nitrogens is 1. The van der Waals surface area contributed by atoms with Crippen molar-refractivity contribution in [3.05, 3.63) is 40.2 Å². The van der Waals surface area contributed by atoms with E-state index in [1.54, 1.807) is 0 Å². The Morgan fingerprint density at radius 3 is 2.72 bits per heavy atom. The Bertz CT molecular complexity index is 591. The number of carbonyl (C=O) groups is 1. The second-order valence-corrected chi connectivity index (χ2v) is 6.17. The van der Waals surface area contributed by atoms with Crippen molar-refractivity contribution in [2.24, 2.45) is 0 Å². The van der Waals surface area contributed by atoms with Crippen LogP contribution in [0, 0.1) is 19.7 Å². The number of carboxylic acid groups (broad SMARTS) is 1. The lowest BCUT2D eigenvalue weighted by atomic mass is 10.2. The monoisotopic (exact) mass is 283 g/mol. The molecule has 6 heteroatoms. The maximum atomic E-state index is 13.6. The van der Waals surface area contributed by atoms with Crippen LogP contribution in [-0.2, 0) is 0 Å². The highest BCUT2D eigenvalue weighted by atomic mass is 32.2. The van der Waals surface area contributed by atoms with Gasteiger partial charge in [-0.3, -0.25) is 0 Å². The molecule has 3 nitrogen and oxygen atoms in total. The Hall–Kier alpha value is -1.40. The maximum absolute atomic E-state index is 13.6. The van der Waals surface area contributed by atoms with Crippen LogP contribution in [0.2, 0.25) is 0 Å². The van der Waals surface area contributed by atoms with Crippen molar-refractivity contribution >= 4 is 29.1 Å². The van der Waals surface area contributed by atoms with Gasteiger partial charge in [0.1, 0.15) is 5.82 Å². The molecule has 0 saturated carbocycles. The molecule has 0 spiro atoms. The molecule has 0 radical (unpaired) electrons. The quantitative estimate of drug-likeness (QED) is 0.932. The Balaban J connectivity index is 2.33. The number of rotatable bonds is 3. The molecule has 1 heterocycles. The van der Waals surface area contributed by atoms with E-state index in [0.717, 1.165) is 22.3 Å². The van der Waals surface area contributed by atoms with Crippen LogP contribution in [0.4, 0.5) is 4.39 Å². The van der Waals surface area contributed by atoms with E-state index in [4.69, 9.17) is 5.11 Å². The summed E-state index contributed by atoms with van der Waals surface area (Å²) < 4.78 is 14.3. The summed E-state index contributed by atoms with van der Waals surface area (Å²) in [5.41, 5.74) is 0.987. The molecule has 0 bridgehead atoms. The van der Waals surface area contributed by atoms with E-state index < -0.39 is 11.8 Å². The minimum atomic E-state index is -1.07. The van der Waals surface area contributed by atoms with Crippen molar-refractivity contribution in [1.29, 1.82) is 0 Å². The predicted molar refractivity (Wildman–Crippen MR) is 69.1 cm³/mol. The Morgan fingerprint density at radius 2 is 2.17 bits per heavy atom.